The van der Waals surface area contributed by atoms with Crippen molar-refractivity contribution in [1.29, 1.82) is 0 Å². The molecule has 10 heteroatoms. The van der Waals surface area contributed by atoms with Crippen molar-refractivity contribution in [1.82, 2.24) is 4.31 Å². The van der Waals surface area contributed by atoms with Gasteiger partial charge in [0.2, 0.25) is 10.0 Å². The Morgan fingerprint density at radius 3 is 2.72 bits per heavy atom. The van der Waals surface area contributed by atoms with Crippen molar-refractivity contribution in [3.63, 3.8) is 0 Å². The maximum Gasteiger partial charge on any atom is 0.262 e. The summed E-state index contributed by atoms with van der Waals surface area (Å²) in [4.78, 5) is 12.4. The largest absolute Gasteiger partial charge is 0.483 e. The average molecular weight is 481 g/mol. The molecule has 2 aromatic rings. The van der Waals surface area contributed by atoms with E-state index in [4.69, 9.17) is 25.8 Å². The van der Waals surface area contributed by atoms with Crippen molar-refractivity contribution in [3.05, 3.63) is 47.0 Å². The summed E-state index contributed by atoms with van der Waals surface area (Å²) in [6.07, 6.45) is 0.761. The van der Waals surface area contributed by atoms with Crippen LogP contribution in [-0.4, -0.2) is 57.1 Å². The quantitative estimate of drug-likeness (QED) is 0.682. The van der Waals surface area contributed by atoms with Crippen LogP contribution in [0.4, 0.5) is 5.69 Å². The minimum absolute atomic E-state index is 0.0590. The summed E-state index contributed by atoms with van der Waals surface area (Å²) in [6.45, 7) is 4.89. The summed E-state index contributed by atoms with van der Waals surface area (Å²) in [5.41, 5.74) is 1.02. The van der Waals surface area contributed by atoms with E-state index >= 15 is 0 Å². The fourth-order valence-electron chi connectivity index (χ4n) is 3.75. The van der Waals surface area contributed by atoms with Gasteiger partial charge in [-0.25, -0.2) is 8.42 Å². The molecule has 0 atom stereocenters. The predicted molar refractivity (Wildman–Crippen MR) is 120 cm³/mol. The smallest absolute Gasteiger partial charge is 0.262 e. The van der Waals surface area contributed by atoms with Crippen LogP contribution >= 0.6 is 11.6 Å². The van der Waals surface area contributed by atoms with E-state index in [1.807, 2.05) is 26.0 Å². The van der Waals surface area contributed by atoms with Gasteiger partial charge in [-0.05, 0) is 38.1 Å². The number of halogens is 1. The first-order valence-electron chi connectivity index (χ1n) is 10.3. The van der Waals surface area contributed by atoms with E-state index in [0.717, 1.165) is 12.0 Å². The molecule has 0 unspecified atom stereocenters. The normalized spacial score (nSPS) is 18.0. The first-order chi connectivity index (χ1) is 15.2. The summed E-state index contributed by atoms with van der Waals surface area (Å²) in [7, 11) is -3.80. The molecule has 2 aliphatic rings. The third kappa shape index (κ3) is 4.85. The van der Waals surface area contributed by atoms with Gasteiger partial charge in [0.25, 0.3) is 5.91 Å². The Morgan fingerprint density at radius 2 is 1.97 bits per heavy atom. The number of nitrogens with one attached hydrogen (secondary N) is 1. The molecule has 1 fully saturated rings. The van der Waals surface area contributed by atoms with Crippen molar-refractivity contribution in [2.75, 3.05) is 38.2 Å². The number of para-hydroxylation sites is 1. The van der Waals surface area contributed by atoms with Crippen LogP contribution in [-0.2, 0) is 26.0 Å². The number of hydrogen-bond acceptors (Lipinski definition) is 6. The van der Waals surface area contributed by atoms with E-state index < -0.39 is 15.9 Å². The summed E-state index contributed by atoms with van der Waals surface area (Å²) in [5.74, 6) is 0.711. The second kappa shape index (κ2) is 8.90. The van der Waals surface area contributed by atoms with Crippen LogP contribution in [0.1, 0.15) is 19.4 Å². The second-order valence-electron chi connectivity index (χ2n) is 8.28. The molecule has 0 saturated carbocycles. The highest BCUT2D eigenvalue weighted by atomic mass is 35.5. The molecule has 1 N–H and O–H groups in total. The van der Waals surface area contributed by atoms with Gasteiger partial charge in [0.15, 0.2) is 18.1 Å². The lowest BCUT2D eigenvalue weighted by Gasteiger charge is -2.26. The van der Waals surface area contributed by atoms with Crippen molar-refractivity contribution < 1.29 is 27.4 Å². The van der Waals surface area contributed by atoms with E-state index in [2.05, 4.69) is 5.32 Å². The number of amides is 1. The highest BCUT2D eigenvalue weighted by Gasteiger charge is 2.32. The van der Waals surface area contributed by atoms with Crippen molar-refractivity contribution >= 4 is 33.2 Å². The van der Waals surface area contributed by atoms with Crippen LogP contribution in [0.25, 0.3) is 0 Å². The molecule has 0 bridgehead atoms. The van der Waals surface area contributed by atoms with Gasteiger partial charge >= 0.3 is 0 Å². The average Bonchev–Trinajstić information content (AvgIpc) is 3.08. The molecule has 2 aliphatic heterocycles. The van der Waals surface area contributed by atoms with Gasteiger partial charge in [-0.15, -0.1) is 0 Å². The molecule has 2 heterocycles. The number of carbonyl (C=O) groups excluding carboxylic acids is 1. The van der Waals surface area contributed by atoms with E-state index in [1.165, 1.54) is 16.4 Å². The molecule has 0 radical (unpaired) electrons. The van der Waals surface area contributed by atoms with Gasteiger partial charge in [-0.1, -0.05) is 23.7 Å². The summed E-state index contributed by atoms with van der Waals surface area (Å²) in [6, 6.07) is 9.94. The molecule has 2 aromatic carbocycles. The fourth-order valence-corrected chi connectivity index (χ4v) is 5.65. The number of benzene rings is 2. The minimum Gasteiger partial charge on any atom is -0.483 e. The van der Waals surface area contributed by atoms with Crippen LogP contribution in [0, 0.1) is 0 Å². The number of rotatable bonds is 6. The van der Waals surface area contributed by atoms with E-state index in [9.17, 15) is 13.2 Å². The number of nitrogens with zero attached hydrogens (tertiary/aromatic N) is 1. The Kier molecular flexibility index (Phi) is 6.35. The first kappa shape index (κ1) is 22.8. The maximum absolute atomic E-state index is 13.0. The Morgan fingerprint density at radius 1 is 1.22 bits per heavy atom. The summed E-state index contributed by atoms with van der Waals surface area (Å²) in [5, 5.41) is 2.76. The zero-order valence-corrected chi connectivity index (χ0v) is 19.5. The lowest BCUT2D eigenvalue weighted by Crippen LogP contribution is -2.40. The van der Waals surface area contributed by atoms with Gasteiger partial charge in [-0.2, -0.15) is 4.31 Å². The first-order valence-corrected chi connectivity index (χ1v) is 12.1. The number of hydrogen-bond donors (Lipinski definition) is 1. The Labute approximate surface area is 192 Å². The van der Waals surface area contributed by atoms with Gasteiger partial charge < -0.3 is 19.5 Å². The molecule has 1 amide bonds. The zero-order valence-electron chi connectivity index (χ0n) is 17.9. The maximum atomic E-state index is 13.0. The van der Waals surface area contributed by atoms with E-state index in [-0.39, 0.29) is 35.2 Å². The minimum atomic E-state index is -3.80. The van der Waals surface area contributed by atoms with Gasteiger partial charge in [0.05, 0.1) is 18.2 Å². The van der Waals surface area contributed by atoms with E-state index in [1.54, 1.807) is 12.1 Å². The number of anilines is 1. The highest BCUT2D eigenvalue weighted by molar-refractivity contribution is 7.89. The number of carbonyl (C=O) groups is 1. The molecule has 4 rings (SSSR count). The van der Waals surface area contributed by atoms with Gasteiger partial charge in [0, 0.05) is 30.8 Å². The van der Waals surface area contributed by atoms with Crippen LogP contribution in [0.15, 0.2) is 41.3 Å². The number of fused-ring (bicyclic) bond motifs is 1. The fraction of sp³-hybridized carbons (Fsp3) is 0.409. The molecular formula is C22H25ClN2O6S. The Bertz CT molecular complexity index is 1130. The van der Waals surface area contributed by atoms with Crippen LogP contribution in [0.5, 0.6) is 11.5 Å². The van der Waals surface area contributed by atoms with Gasteiger partial charge in [0.1, 0.15) is 10.5 Å². The van der Waals surface area contributed by atoms with Crippen LogP contribution < -0.4 is 14.8 Å². The molecule has 172 valence electrons. The van der Waals surface area contributed by atoms with Crippen LogP contribution in [0.2, 0.25) is 5.02 Å². The molecule has 0 aromatic heterocycles. The lowest BCUT2D eigenvalue weighted by atomic mass is 10.0. The third-order valence-corrected chi connectivity index (χ3v) is 7.60. The zero-order chi connectivity index (χ0) is 22.9. The predicted octanol–water partition coefficient (Wildman–Crippen LogP) is 3.09. The number of morpholine rings is 1. The Balaban J connectivity index is 1.44. The lowest BCUT2D eigenvalue weighted by molar-refractivity contribution is -0.118. The summed E-state index contributed by atoms with van der Waals surface area (Å²) >= 11 is 6.17. The van der Waals surface area contributed by atoms with Crippen LogP contribution in [0.3, 0.4) is 0 Å². The van der Waals surface area contributed by atoms with Crippen molar-refractivity contribution in [2.45, 2.75) is 30.8 Å². The number of sulfonamides is 1. The monoisotopic (exact) mass is 480 g/mol. The third-order valence-electron chi connectivity index (χ3n) is 5.22. The number of ether oxygens (including phenoxy) is 3. The molecule has 32 heavy (non-hydrogen) atoms. The summed E-state index contributed by atoms with van der Waals surface area (Å²) < 4.78 is 44.1. The molecule has 0 aliphatic carbocycles. The molecule has 8 nitrogen and oxygen atoms in total. The second-order valence-corrected chi connectivity index (χ2v) is 10.6. The molecule has 1 saturated heterocycles. The molecular weight excluding hydrogens is 456 g/mol. The Hall–Kier alpha value is -2.33. The van der Waals surface area contributed by atoms with E-state index in [0.29, 0.717) is 30.4 Å². The van der Waals surface area contributed by atoms with Crippen molar-refractivity contribution in [3.8, 4) is 11.5 Å². The SMILES string of the molecule is CC1(C)Cc2cccc(OCC(=O)Nc3ccc(Cl)c(S(=O)(=O)N4CCOCC4)c3)c2O1. The van der Waals surface area contributed by atoms with Crippen molar-refractivity contribution in [2.24, 2.45) is 0 Å². The standard InChI is InChI=1S/C22H25ClN2O6S/c1-22(2)13-15-4-3-5-18(21(15)31-22)30-14-20(26)24-16-6-7-17(23)19(12-16)32(27,28)25-8-10-29-11-9-25/h3-7,12H,8-11,13-14H2,1-2H3,(H,24,26). The topological polar surface area (TPSA) is 94.2 Å². The highest BCUT2D eigenvalue weighted by Crippen LogP contribution is 2.41. The molecule has 0 spiro atoms. The van der Waals surface area contributed by atoms with Gasteiger partial charge in [-0.3, -0.25) is 4.79 Å².